The molecule has 0 aliphatic carbocycles. The molecule has 2 aliphatic rings. The smallest absolute Gasteiger partial charge is 0.337 e. The summed E-state index contributed by atoms with van der Waals surface area (Å²) in [4.78, 5) is 39.4. The van der Waals surface area contributed by atoms with Gasteiger partial charge in [-0.15, -0.1) is 11.3 Å². The lowest BCUT2D eigenvalue weighted by molar-refractivity contribution is -0.160. The van der Waals surface area contributed by atoms with Crippen LogP contribution in [0, 0.1) is 6.92 Å². The van der Waals surface area contributed by atoms with Crippen molar-refractivity contribution in [3.8, 4) is 21.8 Å². The van der Waals surface area contributed by atoms with E-state index in [0.29, 0.717) is 16.6 Å². The molecule has 0 spiro atoms. The van der Waals surface area contributed by atoms with Crippen LogP contribution in [0.1, 0.15) is 69.4 Å². The molecule has 5 aromatic rings. The number of hydrogen-bond acceptors (Lipinski definition) is 8. The number of benzene rings is 2. The molecule has 52 heavy (non-hydrogen) atoms. The summed E-state index contributed by atoms with van der Waals surface area (Å²) in [7, 11) is 6.49. The highest BCUT2D eigenvalue weighted by atomic mass is 35.5. The molecule has 1 N–H and O–H groups in total. The predicted octanol–water partition coefficient (Wildman–Crippen LogP) is 4.15. The molecule has 7 rings (SSSR count). The summed E-state index contributed by atoms with van der Waals surface area (Å²) in [6.07, 6.45) is 0.770. The lowest BCUT2D eigenvalue weighted by atomic mass is 9.49. The average molecular weight is 737 g/mol. The van der Waals surface area contributed by atoms with Crippen molar-refractivity contribution in [3.05, 3.63) is 64.3 Å². The van der Waals surface area contributed by atoms with Crippen molar-refractivity contribution in [1.82, 2.24) is 29.5 Å². The van der Waals surface area contributed by atoms with Gasteiger partial charge in [0.1, 0.15) is 34.1 Å². The second kappa shape index (κ2) is 13.6. The summed E-state index contributed by atoms with van der Waals surface area (Å²) in [5.74, 6) is -0.637. The van der Waals surface area contributed by atoms with Crippen LogP contribution >= 0.6 is 22.9 Å². The van der Waals surface area contributed by atoms with Crippen molar-refractivity contribution in [3.63, 3.8) is 0 Å². The Morgan fingerprint density at radius 1 is 1.04 bits per heavy atom. The largest absolute Gasteiger partial charge is 0.479 e. The highest BCUT2D eigenvalue weighted by Crippen LogP contribution is 2.45. The first-order valence-corrected chi connectivity index (χ1v) is 19.2. The van der Waals surface area contributed by atoms with Crippen molar-refractivity contribution in [2.75, 3.05) is 26.2 Å². The number of piperidine rings is 1. The summed E-state index contributed by atoms with van der Waals surface area (Å²) >= 11 is 7.81. The number of aromatic nitrogens is 4. The molecule has 2 aromatic carbocycles. The van der Waals surface area contributed by atoms with Crippen LogP contribution < -0.4 is 0 Å². The molecular weight excluding hydrogens is 692 g/mol. The Labute approximate surface area is 316 Å². The topological polar surface area (TPSA) is 114 Å². The molecule has 0 saturated carbocycles. The number of thiazole rings is 1. The zero-order valence-corrected chi connectivity index (χ0v) is 32.7. The molecule has 15 heteroatoms. The van der Waals surface area contributed by atoms with Gasteiger partial charge in [-0.25, -0.2) is 14.8 Å². The number of nitrogens with zero attached hydrogens (tertiary/aromatic N) is 6. The van der Waals surface area contributed by atoms with Crippen LogP contribution in [0.3, 0.4) is 0 Å². The molecule has 5 heterocycles. The van der Waals surface area contributed by atoms with Gasteiger partial charge in [0, 0.05) is 48.1 Å². The number of pyridine rings is 1. The van der Waals surface area contributed by atoms with E-state index in [1.165, 1.54) is 11.3 Å². The first-order valence-electron chi connectivity index (χ1n) is 18.0. The van der Waals surface area contributed by atoms with Crippen molar-refractivity contribution >= 4 is 79.6 Å². The lowest BCUT2D eigenvalue weighted by Gasteiger charge is -2.47. The number of hydrogen-bond donors (Lipinski definition) is 1. The number of aliphatic carboxylic acids is 1. The minimum absolute atomic E-state index is 0.149. The Morgan fingerprint density at radius 2 is 1.71 bits per heavy atom. The van der Waals surface area contributed by atoms with Crippen molar-refractivity contribution in [2.45, 2.75) is 76.4 Å². The molecule has 2 saturated heterocycles. The average Bonchev–Trinajstić information content (AvgIpc) is 3.64. The van der Waals surface area contributed by atoms with Crippen LogP contribution in [0.5, 0.6) is 0 Å². The van der Waals surface area contributed by atoms with Crippen molar-refractivity contribution < 1.29 is 19.4 Å². The van der Waals surface area contributed by atoms with Crippen LogP contribution in [-0.4, -0.2) is 108 Å². The third-order valence-corrected chi connectivity index (χ3v) is 11.5. The lowest BCUT2D eigenvalue weighted by Crippen LogP contribution is -2.61. The van der Waals surface area contributed by atoms with Crippen LogP contribution in [0.4, 0.5) is 0 Å². The second-order valence-electron chi connectivity index (χ2n) is 16.2. The van der Waals surface area contributed by atoms with Gasteiger partial charge in [0.05, 0.1) is 32.7 Å². The number of ether oxygens (including phenoxy) is 1. The number of aryl methyl sites for hydroxylation is 1. The van der Waals surface area contributed by atoms with E-state index in [0.717, 1.165) is 93.4 Å². The maximum atomic E-state index is 12.8. The number of fused-ring (bicyclic) bond motifs is 2. The number of likely N-dealkylation sites (tertiary alicyclic amines) is 2. The predicted molar refractivity (Wildman–Crippen MR) is 216 cm³/mol. The molecule has 2 fully saturated rings. The third kappa shape index (κ3) is 7.02. The number of halogens is 1. The Hall–Kier alpha value is -3.71. The molecule has 1 amide bonds. The van der Waals surface area contributed by atoms with Gasteiger partial charge in [-0.2, -0.15) is 5.10 Å². The molecule has 0 bridgehead atoms. The number of carbonyl (C=O) groups excluding carboxylic acids is 1. The van der Waals surface area contributed by atoms with E-state index in [1.807, 2.05) is 69.0 Å². The molecule has 0 unspecified atom stereocenters. The van der Waals surface area contributed by atoms with E-state index in [2.05, 4.69) is 39.2 Å². The van der Waals surface area contributed by atoms with Gasteiger partial charge in [-0.1, -0.05) is 23.7 Å². The second-order valence-corrected chi connectivity index (χ2v) is 17.7. The summed E-state index contributed by atoms with van der Waals surface area (Å²) in [5.41, 5.74) is 6.75. The van der Waals surface area contributed by atoms with E-state index < -0.39 is 17.7 Å². The number of rotatable bonds is 8. The molecule has 10 nitrogen and oxygen atoms in total. The molecule has 0 radical (unpaired) electrons. The number of carbonyl (C=O) groups is 2. The van der Waals surface area contributed by atoms with Crippen LogP contribution in [0.2, 0.25) is 5.02 Å². The Morgan fingerprint density at radius 3 is 2.31 bits per heavy atom. The first kappa shape index (κ1) is 36.6. The molecule has 268 valence electrons. The summed E-state index contributed by atoms with van der Waals surface area (Å²) in [6.45, 7) is 12.7. The van der Waals surface area contributed by atoms with Gasteiger partial charge in [-0.05, 0) is 100 Å². The van der Waals surface area contributed by atoms with Crippen molar-refractivity contribution in [2.24, 2.45) is 0 Å². The first-order chi connectivity index (χ1) is 24.5. The normalized spacial score (nSPS) is 17.2. The maximum Gasteiger partial charge on any atom is 0.337 e. The third-order valence-electron chi connectivity index (χ3n) is 10.2. The number of amides is 1. The van der Waals surface area contributed by atoms with E-state index in [-0.39, 0.29) is 17.1 Å². The monoisotopic (exact) mass is 736 g/mol. The van der Waals surface area contributed by atoms with E-state index in [9.17, 15) is 14.7 Å². The van der Waals surface area contributed by atoms with Gasteiger partial charge in [0.2, 0.25) is 5.91 Å². The summed E-state index contributed by atoms with van der Waals surface area (Å²) < 4.78 is 9.17. The quantitative estimate of drug-likeness (QED) is 0.237. The van der Waals surface area contributed by atoms with Gasteiger partial charge >= 0.3 is 5.97 Å². The fourth-order valence-electron chi connectivity index (χ4n) is 7.56. The number of carboxylic acid groups (broad SMARTS) is 1. The van der Waals surface area contributed by atoms with E-state index in [1.54, 1.807) is 6.92 Å². The van der Waals surface area contributed by atoms with Gasteiger partial charge < -0.3 is 14.7 Å². The summed E-state index contributed by atoms with van der Waals surface area (Å²) in [6, 6.07) is 14.0. The number of carboxylic acids is 1. The highest BCUT2D eigenvalue weighted by Gasteiger charge is 2.37. The zero-order chi connectivity index (χ0) is 37.3. The van der Waals surface area contributed by atoms with Crippen molar-refractivity contribution in [1.29, 1.82) is 0 Å². The Kier molecular flexibility index (Phi) is 9.59. The summed E-state index contributed by atoms with van der Waals surface area (Å²) in [5, 5.41) is 16.8. The van der Waals surface area contributed by atoms with Crippen LogP contribution in [-0.2, 0) is 19.6 Å². The molecule has 3 aromatic heterocycles. The standard InChI is InChI=1S/C37H44B3ClN6O4S/c1-19-16-26-33(29(21-6-8-23(41)9-7-21)28(19)32(35(49)50)51-36(3,4)5)52-34(43-26)25-10-11-27-31(42-25)30(44-47(27)37(38,39)40)22-12-14-45(15-13-22)24-17-46(18-24)20(2)48/h6-11,16,22,24,32H,12-15,17-18,38-40H2,1-5H3,(H,49,50)/t32-/m0/s1. The zero-order valence-electron chi connectivity index (χ0n) is 31.2. The molecular formula is C37H44B3ClN6O4S. The van der Waals surface area contributed by atoms with Gasteiger partial charge in [0.25, 0.3) is 0 Å². The minimum Gasteiger partial charge on any atom is -0.479 e. The molecule has 1 atom stereocenters. The highest BCUT2D eigenvalue weighted by molar-refractivity contribution is 7.22. The van der Waals surface area contributed by atoms with Gasteiger partial charge in [0.15, 0.2) is 6.10 Å². The van der Waals surface area contributed by atoms with Crippen LogP contribution in [0.25, 0.3) is 43.1 Å². The maximum absolute atomic E-state index is 12.8. The van der Waals surface area contributed by atoms with E-state index in [4.69, 9.17) is 31.4 Å². The van der Waals surface area contributed by atoms with E-state index >= 15 is 0 Å². The molecule has 2 aliphatic heterocycles. The minimum atomic E-state index is -1.19. The van der Waals surface area contributed by atoms with Gasteiger partial charge in [-0.3, -0.25) is 14.4 Å². The van der Waals surface area contributed by atoms with Crippen LogP contribution in [0.15, 0.2) is 42.5 Å². The SMILES string of the molecule is BC(B)(B)n1nc(C2CCN(C3CN(C(C)=O)C3)CC2)c2nc(-c3nc4cc(C)c([C@H](OC(C)(C)C)C(=O)O)c(-c5ccc(Cl)cc5)c4s3)ccc21. The Bertz CT molecular complexity index is 2180. The fraction of sp³-hybridized carbons (Fsp3) is 0.432. The fourth-order valence-corrected chi connectivity index (χ4v) is 8.78. The Balaban J connectivity index is 1.31.